The predicted octanol–water partition coefficient (Wildman–Crippen LogP) is 2.19. The van der Waals surface area contributed by atoms with Gasteiger partial charge < -0.3 is 25.1 Å². The van der Waals surface area contributed by atoms with Gasteiger partial charge >= 0.3 is 0 Å². The monoisotopic (exact) mass is 387 g/mol. The molecule has 0 fully saturated rings. The van der Waals surface area contributed by atoms with E-state index in [1.54, 1.807) is 30.3 Å². The topological polar surface area (TPSA) is 110 Å². The molecule has 0 spiro atoms. The Morgan fingerprint density at radius 1 is 1.11 bits per heavy atom. The number of nitrogens with one attached hydrogen (secondary N) is 3. The third-order valence-electron chi connectivity index (χ3n) is 3.85. The van der Waals surface area contributed by atoms with Crippen molar-refractivity contribution >= 4 is 23.4 Å². The van der Waals surface area contributed by atoms with Gasteiger partial charge in [0.25, 0.3) is 11.8 Å². The van der Waals surface area contributed by atoms with Crippen LogP contribution in [0.25, 0.3) is 0 Å². The Bertz CT molecular complexity index is 785. The minimum Gasteiger partial charge on any atom is -0.484 e. The number of ether oxygens (including phenoxy) is 1. The Hall–Kier alpha value is -3.29. The van der Waals surface area contributed by atoms with E-state index in [0.717, 1.165) is 0 Å². The molecule has 1 aromatic carbocycles. The average Bonchev–Trinajstić information content (AvgIpc) is 3.20. The molecule has 1 aromatic heterocycles. The molecule has 1 unspecified atom stereocenters. The normalized spacial score (nSPS) is 11.6. The van der Waals surface area contributed by atoms with Gasteiger partial charge in [-0.15, -0.1) is 0 Å². The molecule has 0 saturated carbocycles. The van der Waals surface area contributed by atoms with Gasteiger partial charge in [-0.2, -0.15) is 0 Å². The number of hydrogen-bond acceptors (Lipinski definition) is 5. The van der Waals surface area contributed by atoms with Crippen LogP contribution < -0.4 is 20.7 Å². The van der Waals surface area contributed by atoms with Gasteiger partial charge in [0, 0.05) is 12.2 Å². The standard InChI is InChI=1S/C20H25N3O5/c1-4-21-17(24)12-28-15-9-7-14(8-10-15)22-20(26)18(13(2)3)23-19(25)16-6-5-11-27-16/h5-11,13,18H,4,12H2,1-3H3,(H,21,24)(H,22,26)(H,23,25). The summed E-state index contributed by atoms with van der Waals surface area (Å²) in [5.41, 5.74) is 0.549. The average molecular weight is 387 g/mol. The summed E-state index contributed by atoms with van der Waals surface area (Å²) in [4.78, 5) is 36.2. The zero-order valence-corrected chi connectivity index (χ0v) is 16.2. The summed E-state index contributed by atoms with van der Waals surface area (Å²) >= 11 is 0. The van der Waals surface area contributed by atoms with E-state index in [4.69, 9.17) is 9.15 Å². The zero-order chi connectivity index (χ0) is 20.5. The molecule has 3 N–H and O–H groups in total. The molecule has 1 heterocycles. The van der Waals surface area contributed by atoms with Gasteiger partial charge in [0.15, 0.2) is 12.4 Å². The maximum absolute atomic E-state index is 12.6. The van der Waals surface area contributed by atoms with E-state index in [9.17, 15) is 14.4 Å². The summed E-state index contributed by atoms with van der Waals surface area (Å²) in [5, 5.41) is 8.09. The van der Waals surface area contributed by atoms with Crippen molar-refractivity contribution < 1.29 is 23.5 Å². The number of amides is 3. The molecule has 28 heavy (non-hydrogen) atoms. The largest absolute Gasteiger partial charge is 0.484 e. The van der Waals surface area contributed by atoms with Crippen LogP contribution in [0, 0.1) is 5.92 Å². The fourth-order valence-electron chi connectivity index (χ4n) is 2.41. The summed E-state index contributed by atoms with van der Waals surface area (Å²) in [7, 11) is 0. The highest BCUT2D eigenvalue weighted by molar-refractivity contribution is 6.00. The van der Waals surface area contributed by atoms with Crippen LogP contribution >= 0.6 is 0 Å². The van der Waals surface area contributed by atoms with Crippen molar-refractivity contribution in [1.29, 1.82) is 0 Å². The van der Waals surface area contributed by atoms with Crippen molar-refractivity contribution in [3.8, 4) is 5.75 Å². The van der Waals surface area contributed by atoms with Crippen LogP contribution in [0.5, 0.6) is 5.75 Å². The number of hydrogen-bond donors (Lipinski definition) is 3. The Balaban J connectivity index is 1.93. The molecule has 1 atom stereocenters. The van der Waals surface area contributed by atoms with E-state index in [1.807, 2.05) is 20.8 Å². The van der Waals surface area contributed by atoms with Crippen molar-refractivity contribution in [3.63, 3.8) is 0 Å². The van der Waals surface area contributed by atoms with Crippen molar-refractivity contribution in [1.82, 2.24) is 10.6 Å². The second-order valence-electron chi connectivity index (χ2n) is 6.43. The van der Waals surface area contributed by atoms with Gasteiger partial charge in [0.05, 0.1) is 6.26 Å². The smallest absolute Gasteiger partial charge is 0.287 e. The number of anilines is 1. The number of carbonyl (C=O) groups excluding carboxylic acids is 3. The quantitative estimate of drug-likeness (QED) is 0.611. The highest BCUT2D eigenvalue weighted by Gasteiger charge is 2.25. The van der Waals surface area contributed by atoms with Crippen LogP contribution in [-0.4, -0.2) is 36.9 Å². The van der Waals surface area contributed by atoms with Crippen LogP contribution in [0.2, 0.25) is 0 Å². The van der Waals surface area contributed by atoms with E-state index in [-0.39, 0.29) is 30.1 Å². The van der Waals surface area contributed by atoms with E-state index >= 15 is 0 Å². The first-order chi connectivity index (χ1) is 13.4. The summed E-state index contributed by atoms with van der Waals surface area (Å²) in [6.07, 6.45) is 1.40. The molecular weight excluding hydrogens is 362 g/mol. The molecule has 3 amide bonds. The maximum atomic E-state index is 12.6. The minimum atomic E-state index is -0.730. The maximum Gasteiger partial charge on any atom is 0.287 e. The molecular formula is C20H25N3O5. The van der Waals surface area contributed by atoms with Crippen LogP contribution in [-0.2, 0) is 9.59 Å². The van der Waals surface area contributed by atoms with E-state index in [1.165, 1.54) is 12.3 Å². The molecule has 0 aliphatic carbocycles. The van der Waals surface area contributed by atoms with E-state index in [2.05, 4.69) is 16.0 Å². The lowest BCUT2D eigenvalue weighted by Crippen LogP contribution is -2.47. The molecule has 2 aromatic rings. The number of likely N-dealkylation sites (N-methyl/N-ethyl adjacent to an activating group) is 1. The lowest BCUT2D eigenvalue weighted by molar-refractivity contribution is -0.123. The Morgan fingerprint density at radius 3 is 2.39 bits per heavy atom. The van der Waals surface area contributed by atoms with Crippen molar-refractivity contribution in [2.24, 2.45) is 5.92 Å². The summed E-state index contributed by atoms with van der Waals surface area (Å²) in [5.74, 6) is -0.466. The lowest BCUT2D eigenvalue weighted by Gasteiger charge is -2.21. The SMILES string of the molecule is CCNC(=O)COc1ccc(NC(=O)C(NC(=O)c2ccco2)C(C)C)cc1. The number of carbonyl (C=O) groups is 3. The fraction of sp³-hybridized carbons (Fsp3) is 0.350. The summed E-state index contributed by atoms with van der Waals surface area (Å²) in [6, 6.07) is 9.04. The van der Waals surface area contributed by atoms with Crippen molar-refractivity contribution in [3.05, 3.63) is 48.4 Å². The Kier molecular flexibility index (Phi) is 7.62. The van der Waals surface area contributed by atoms with Crippen molar-refractivity contribution in [2.45, 2.75) is 26.8 Å². The van der Waals surface area contributed by atoms with Crippen LogP contribution in [0.3, 0.4) is 0 Å². The number of rotatable bonds is 9. The second kappa shape index (κ2) is 10.1. The lowest BCUT2D eigenvalue weighted by atomic mass is 10.0. The summed E-state index contributed by atoms with van der Waals surface area (Å²) < 4.78 is 10.4. The van der Waals surface area contributed by atoms with Gasteiger partial charge in [0.2, 0.25) is 5.91 Å². The molecule has 150 valence electrons. The second-order valence-corrected chi connectivity index (χ2v) is 6.43. The highest BCUT2D eigenvalue weighted by atomic mass is 16.5. The van der Waals surface area contributed by atoms with Gasteiger partial charge in [-0.3, -0.25) is 14.4 Å². The van der Waals surface area contributed by atoms with Crippen LogP contribution in [0.4, 0.5) is 5.69 Å². The molecule has 0 saturated heterocycles. The third-order valence-corrected chi connectivity index (χ3v) is 3.85. The Morgan fingerprint density at radius 2 is 1.82 bits per heavy atom. The molecule has 0 aliphatic rings. The molecule has 2 rings (SSSR count). The van der Waals surface area contributed by atoms with Gasteiger partial charge in [-0.05, 0) is 49.2 Å². The minimum absolute atomic E-state index is 0.0756. The van der Waals surface area contributed by atoms with Gasteiger partial charge in [-0.25, -0.2) is 0 Å². The molecule has 0 radical (unpaired) electrons. The van der Waals surface area contributed by atoms with Gasteiger partial charge in [-0.1, -0.05) is 13.8 Å². The number of furan rings is 1. The first kappa shape index (κ1) is 21.0. The summed E-state index contributed by atoms with van der Waals surface area (Å²) in [6.45, 7) is 5.97. The molecule has 8 nitrogen and oxygen atoms in total. The van der Waals surface area contributed by atoms with E-state index < -0.39 is 11.9 Å². The van der Waals surface area contributed by atoms with Crippen LogP contribution in [0.1, 0.15) is 31.3 Å². The first-order valence-corrected chi connectivity index (χ1v) is 9.05. The zero-order valence-electron chi connectivity index (χ0n) is 16.2. The van der Waals surface area contributed by atoms with Gasteiger partial charge in [0.1, 0.15) is 11.8 Å². The van der Waals surface area contributed by atoms with Crippen LogP contribution in [0.15, 0.2) is 47.1 Å². The highest BCUT2D eigenvalue weighted by Crippen LogP contribution is 2.17. The molecule has 0 bridgehead atoms. The first-order valence-electron chi connectivity index (χ1n) is 9.05. The van der Waals surface area contributed by atoms with E-state index in [0.29, 0.717) is 18.0 Å². The van der Waals surface area contributed by atoms with Crippen molar-refractivity contribution in [2.75, 3.05) is 18.5 Å². The molecule has 8 heteroatoms. The third kappa shape index (κ3) is 6.15. The molecule has 0 aliphatic heterocycles. The fourth-order valence-corrected chi connectivity index (χ4v) is 2.41. The number of benzene rings is 1. The Labute approximate surface area is 163 Å². The predicted molar refractivity (Wildman–Crippen MR) is 104 cm³/mol.